The number of alkyl halides is 1. The lowest BCUT2D eigenvalue weighted by molar-refractivity contribution is 0.207. The Kier molecular flexibility index (Phi) is 8.75. The molecule has 0 radical (unpaired) electrons. The summed E-state index contributed by atoms with van der Waals surface area (Å²) in [5, 5.41) is 0. The van der Waals surface area contributed by atoms with E-state index in [0.29, 0.717) is 0 Å². The first kappa shape index (κ1) is 18.6. The number of phosphoric acid groups is 1. The molecule has 0 heterocycles. The summed E-state index contributed by atoms with van der Waals surface area (Å²) in [5.41, 5.74) is 2.47. The van der Waals surface area contributed by atoms with Crippen LogP contribution < -0.4 is 0 Å². The summed E-state index contributed by atoms with van der Waals surface area (Å²) in [7, 11) is -4.27. The van der Waals surface area contributed by atoms with E-state index in [1.165, 1.54) is 11.1 Å². The summed E-state index contributed by atoms with van der Waals surface area (Å²) in [6, 6.07) is 20.6. The number of rotatable bonds is 5. The molecule has 0 atom stereocenters. The minimum atomic E-state index is -4.27. The molecule has 0 bridgehead atoms. The summed E-state index contributed by atoms with van der Waals surface area (Å²) in [6.45, 7) is -0.119. The van der Waals surface area contributed by atoms with E-state index in [1.54, 1.807) is 0 Å². The van der Waals surface area contributed by atoms with Gasteiger partial charge in [0.1, 0.15) is 0 Å². The van der Waals surface area contributed by atoms with E-state index >= 15 is 0 Å². The molecule has 4 nitrogen and oxygen atoms in total. The third kappa shape index (κ3) is 9.50. The molecule has 0 amide bonds. The molecule has 0 spiro atoms. The van der Waals surface area contributed by atoms with Gasteiger partial charge in [-0.1, -0.05) is 72.8 Å². The van der Waals surface area contributed by atoms with Crippen molar-refractivity contribution < 1.29 is 18.9 Å². The molecule has 2 aromatic carbocycles. The van der Waals surface area contributed by atoms with Crippen LogP contribution in [0, 0.1) is 0 Å². The lowest BCUT2D eigenvalue weighted by Gasteiger charge is -1.99. The molecule has 0 saturated carbocycles. The maximum Gasteiger partial charge on any atom is 0.469 e. The summed E-state index contributed by atoms with van der Waals surface area (Å²) in [6.07, 6.45) is 4.24. The van der Waals surface area contributed by atoms with Crippen LogP contribution in [0.25, 0.3) is 12.2 Å². The molecule has 0 aromatic heterocycles. The van der Waals surface area contributed by atoms with Gasteiger partial charge >= 0.3 is 7.82 Å². The van der Waals surface area contributed by atoms with Gasteiger partial charge in [-0.05, 0) is 11.1 Å². The second kappa shape index (κ2) is 10.3. The number of halogens is 1. The Morgan fingerprint density at radius 3 is 1.59 bits per heavy atom. The van der Waals surface area contributed by atoms with E-state index in [0.717, 1.165) is 0 Å². The zero-order valence-electron chi connectivity index (χ0n) is 11.9. The van der Waals surface area contributed by atoms with E-state index in [9.17, 15) is 4.57 Å². The van der Waals surface area contributed by atoms with Gasteiger partial charge in [-0.15, -0.1) is 11.6 Å². The number of hydrogen-bond acceptors (Lipinski definition) is 2. The highest BCUT2D eigenvalue weighted by atomic mass is 35.5. The highest BCUT2D eigenvalue weighted by Gasteiger charge is 2.11. The number of phosphoric ester groups is 1. The molecule has 6 heteroatoms. The molecule has 22 heavy (non-hydrogen) atoms. The van der Waals surface area contributed by atoms with Gasteiger partial charge in [-0.25, -0.2) is 4.57 Å². The summed E-state index contributed by atoms with van der Waals surface area (Å²) in [5.74, 6) is 0.0884. The van der Waals surface area contributed by atoms with E-state index in [2.05, 4.69) is 40.9 Å². The quantitative estimate of drug-likeness (QED) is 0.486. The van der Waals surface area contributed by atoms with Crippen molar-refractivity contribution >= 4 is 31.6 Å². The lowest BCUT2D eigenvalue weighted by atomic mass is 10.1. The first-order chi connectivity index (χ1) is 10.5. The van der Waals surface area contributed by atoms with Gasteiger partial charge in [-0.2, -0.15) is 0 Å². The van der Waals surface area contributed by atoms with E-state index in [4.69, 9.17) is 21.4 Å². The average Bonchev–Trinajstić information content (AvgIpc) is 2.53. The molecule has 0 aliphatic rings. The fourth-order valence-electron chi connectivity index (χ4n) is 1.47. The van der Waals surface area contributed by atoms with Crippen LogP contribution >= 0.6 is 19.4 Å². The van der Waals surface area contributed by atoms with Crippen LogP contribution in [0.15, 0.2) is 60.7 Å². The Hall–Kier alpha value is -1.42. The molecule has 118 valence electrons. The molecule has 0 aliphatic carbocycles. The molecule has 2 N–H and O–H groups in total. The van der Waals surface area contributed by atoms with Crippen LogP contribution in [-0.4, -0.2) is 22.3 Å². The van der Waals surface area contributed by atoms with Crippen molar-refractivity contribution in [3.05, 3.63) is 71.8 Å². The smallest absolute Gasteiger partial charge is 0.303 e. The van der Waals surface area contributed by atoms with E-state index < -0.39 is 7.82 Å². The monoisotopic (exact) mass is 340 g/mol. The van der Waals surface area contributed by atoms with E-state index in [1.807, 2.05) is 36.4 Å². The van der Waals surface area contributed by atoms with Gasteiger partial charge in [0.15, 0.2) is 0 Å². The minimum absolute atomic E-state index is 0.0884. The second-order valence-electron chi connectivity index (χ2n) is 4.17. The molecule has 0 fully saturated rings. The third-order valence-corrected chi connectivity index (χ3v) is 3.08. The third-order valence-electron chi connectivity index (χ3n) is 2.40. The SMILES string of the molecule is C(=Cc1ccccc1)c1ccccc1.O=P(O)(O)OCCCl. The van der Waals surface area contributed by atoms with Gasteiger partial charge in [-0.3, -0.25) is 4.52 Å². The normalized spacial score (nSPS) is 11.0. The Bertz CT molecular complexity index is 555. The first-order valence-electron chi connectivity index (χ1n) is 6.55. The average molecular weight is 341 g/mol. The van der Waals surface area contributed by atoms with Crippen molar-refractivity contribution in [2.75, 3.05) is 12.5 Å². The topological polar surface area (TPSA) is 66.8 Å². The summed E-state index contributed by atoms with van der Waals surface area (Å²) < 4.78 is 13.7. The highest BCUT2D eigenvalue weighted by Crippen LogP contribution is 2.35. The van der Waals surface area contributed by atoms with Crippen LogP contribution in [0.5, 0.6) is 0 Å². The van der Waals surface area contributed by atoms with Gasteiger partial charge in [0.25, 0.3) is 0 Å². The molecule has 2 rings (SSSR count). The highest BCUT2D eigenvalue weighted by molar-refractivity contribution is 7.46. The van der Waals surface area contributed by atoms with Crippen LogP contribution in [0.1, 0.15) is 11.1 Å². The lowest BCUT2D eigenvalue weighted by Crippen LogP contribution is -1.91. The maximum atomic E-state index is 9.80. The Morgan fingerprint density at radius 1 is 0.909 bits per heavy atom. The van der Waals surface area contributed by atoms with Crippen molar-refractivity contribution in [1.29, 1.82) is 0 Å². The largest absolute Gasteiger partial charge is 0.469 e. The Labute approximate surface area is 135 Å². The zero-order chi connectivity index (χ0) is 16.3. The first-order valence-corrected chi connectivity index (χ1v) is 8.62. The molecular weight excluding hydrogens is 323 g/mol. The second-order valence-corrected chi connectivity index (χ2v) is 5.78. The number of hydrogen-bond donors (Lipinski definition) is 2. The molecule has 0 aliphatic heterocycles. The maximum absolute atomic E-state index is 9.80. The van der Waals surface area contributed by atoms with Gasteiger partial charge in [0.05, 0.1) is 6.61 Å². The predicted octanol–water partition coefficient (Wildman–Crippen LogP) is 4.19. The zero-order valence-corrected chi connectivity index (χ0v) is 13.5. The summed E-state index contributed by atoms with van der Waals surface area (Å²) >= 11 is 5.04. The van der Waals surface area contributed by atoms with Gasteiger partial charge in [0, 0.05) is 5.88 Å². The van der Waals surface area contributed by atoms with Crippen molar-refractivity contribution in [3.8, 4) is 0 Å². The molecule has 2 aromatic rings. The molecule has 0 unspecified atom stereocenters. The number of benzene rings is 2. The summed E-state index contributed by atoms with van der Waals surface area (Å²) in [4.78, 5) is 16.0. The fraction of sp³-hybridized carbons (Fsp3) is 0.125. The van der Waals surface area contributed by atoms with Crippen LogP contribution in [0.2, 0.25) is 0 Å². The molecule has 0 saturated heterocycles. The molecular formula is C16H18ClO4P. The fourth-order valence-corrected chi connectivity index (χ4v) is 1.99. The Morgan fingerprint density at radius 2 is 1.32 bits per heavy atom. The van der Waals surface area contributed by atoms with Gasteiger partial charge < -0.3 is 9.79 Å². The van der Waals surface area contributed by atoms with Crippen molar-refractivity contribution in [3.63, 3.8) is 0 Å². The van der Waals surface area contributed by atoms with Crippen LogP contribution in [0.4, 0.5) is 0 Å². The van der Waals surface area contributed by atoms with Crippen LogP contribution in [-0.2, 0) is 9.09 Å². The van der Waals surface area contributed by atoms with Crippen molar-refractivity contribution in [2.45, 2.75) is 0 Å². The van der Waals surface area contributed by atoms with Crippen LogP contribution in [0.3, 0.4) is 0 Å². The predicted molar refractivity (Wildman–Crippen MR) is 90.5 cm³/mol. The van der Waals surface area contributed by atoms with Crippen molar-refractivity contribution in [2.24, 2.45) is 0 Å². The Balaban J connectivity index is 0.000000261. The standard InChI is InChI=1S/C14H12.C2H6ClO4P/c1-3-7-13(8-4-1)11-12-14-9-5-2-6-10-14;3-1-2-7-8(4,5)6/h1-12H;1-2H2,(H2,4,5,6). The minimum Gasteiger partial charge on any atom is -0.303 e. The van der Waals surface area contributed by atoms with Gasteiger partial charge in [0.2, 0.25) is 0 Å². The van der Waals surface area contributed by atoms with E-state index in [-0.39, 0.29) is 12.5 Å². The van der Waals surface area contributed by atoms with Crippen molar-refractivity contribution in [1.82, 2.24) is 0 Å².